The second-order valence-corrected chi connectivity index (χ2v) is 14.1. The van der Waals surface area contributed by atoms with Gasteiger partial charge in [-0.2, -0.15) is 9.97 Å². The molecule has 5 aliphatic rings. The molecule has 7 heterocycles. The van der Waals surface area contributed by atoms with Gasteiger partial charge in [-0.05, 0) is 92.1 Å². The van der Waals surface area contributed by atoms with Crippen molar-refractivity contribution in [2.24, 2.45) is 0 Å². The number of ether oxygens (including phenoxy) is 2. The topological polar surface area (TPSA) is 95.9 Å². The zero-order chi connectivity index (χ0) is 32.9. The van der Waals surface area contributed by atoms with E-state index >= 15 is 8.78 Å². The lowest BCUT2D eigenvalue weighted by Crippen LogP contribution is -2.62. The van der Waals surface area contributed by atoms with Crippen LogP contribution in [-0.2, 0) is 6.42 Å². The number of anilines is 1. The standard InChI is InChI=1S/C36H37F3N6O3/c1-3-23-25(38)7-5-20-11-22(46)12-24(27(20)23)30-29(39)31-28-33(45-16-21-6-8-26(40-21)32(45)18(2)48-34(28)41-30)43-35(42-31)47-17-36-9-4-10-44(36)15-19(13-36)14-37/h5,7,11-12,14,18,21,26,32,40,46H,3-4,6,8-10,13,15-17H2,1-2H3/b19-14+/t18-,21+,26-,32+,36?/m0/s1. The van der Waals surface area contributed by atoms with Gasteiger partial charge >= 0.3 is 6.01 Å². The maximum absolute atomic E-state index is 17.2. The van der Waals surface area contributed by atoms with Gasteiger partial charge in [0.25, 0.3) is 0 Å². The molecule has 0 spiro atoms. The van der Waals surface area contributed by atoms with Gasteiger partial charge in [0, 0.05) is 30.7 Å². The number of hydrogen-bond acceptors (Lipinski definition) is 9. The Bertz CT molecular complexity index is 2030. The fourth-order valence-electron chi connectivity index (χ4n) is 9.22. The molecule has 4 aromatic rings. The van der Waals surface area contributed by atoms with Crippen LogP contribution in [0.4, 0.5) is 19.0 Å². The average Bonchev–Trinajstić information content (AvgIpc) is 3.74. The Labute approximate surface area is 275 Å². The molecule has 0 aliphatic carbocycles. The van der Waals surface area contributed by atoms with E-state index in [2.05, 4.69) is 20.1 Å². The molecule has 12 heteroatoms. The van der Waals surface area contributed by atoms with Crippen LogP contribution in [0, 0.1) is 11.6 Å². The number of nitrogens with zero attached hydrogens (tertiary/aromatic N) is 5. The van der Waals surface area contributed by atoms with Gasteiger partial charge < -0.3 is 24.8 Å². The fourth-order valence-corrected chi connectivity index (χ4v) is 9.22. The van der Waals surface area contributed by atoms with E-state index in [0.29, 0.717) is 59.8 Å². The number of nitrogens with one attached hydrogen (secondary N) is 1. The number of pyridine rings is 1. The number of fused-ring (bicyclic) bond motifs is 7. The van der Waals surface area contributed by atoms with Gasteiger partial charge in [0.2, 0.25) is 5.88 Å². The molecule has 5 aliphatic heterocycles. The van der Waals surface area contributed by atoms with Crippen LogP contribution in [0.3, 0.4) is 0 Å². The molecule has 2 aromatic heterocycles. The number of benzene rings is 2. The Balaban J connectivity index is 1.25. The highest BCUT2D eigenvalue weighted by Gasteiger charge is 2.49. The number of aromatic hydroxyl groups is 1. The SMILES string of the molecule is CCc1c(F)ccc2cc(O)cc(-c3nc4c5c(nc(OCC67CCCN6C/C(=C/F)C7)nc5c3F)N3C[C@H]5CC[C@H](N5)[C@H]3[C@H](C)O4)c12. The molecule has 250 valence electrons. The minimum Gasteiger partial charge on any atom is -0.508 e. The van der Waals surface area contributed by atoms with Crippen LogP contribution in [0.5, 0.6) is 17.6 Å². The summed E-state index contributed by atoms with van der Waals surface area (Å²) in [6.07, 6.45) is 5.11. The minimum absolute atomic E-state index is 0.0174. The Kier molecular flexibility index (Phi) is 6.82. The molecular weight excluding hydrogens is 621 g/mol. The molecule has 5 atom stereocenters. The predicted molar refractivity (Wildman–Crippen MR) is 175 cm³/mol. The molecule has 9 nitrogen and oxygen atoms in total. The molecule has 4 saturated heterocycles. The van der Waals surface area contributed by atoms with Crippen molar-refractivity contribution < 1.29 is 27.8 Å². The predicted octanol–water partition coefficient (Wildman–Crippen LogP) is 5.95. The van der Waals surface area contributed by atoms with Gasteiger partial charge in [-0.3, -0.25) is 4.90 Å². The minimum atomic E-state index is -0.738. The van der Waals surface area contributed by atoms with Crippen LogP contribution in [-0.4, -0.2) is 81.0 Å². The maximum atomic E-state index is 17.2. The normalized spacial score (nSPS) is 28.6. The van der Waals surface area contributed by atoms with Crippen LogP contribution < -0.4 is 19.7 Å². The van der Waals surface area contributed by atoms with E-state index in [9.17, 15) is 9.50 Å². The smallest absolute Gasteiger partial charge is 0.319 e. The lowest BCUT2D eigenvalue weighted by Gasteiger charge is -2.42. The third-order valence-electron chi connectivity index (χ3n) is 11.3. The van der Waals surface area contributed by atoms with E-state index in [0.717, 1.165) is 37.8 Å². The van der Waals surface area contributed by atoms with Gasteiger partial charge in [-0.1, -0.05) is 13.0 Å². The van der Waals surface area contributed by atoms with Crippen LogP contribution in [0.1, 0.15) is 51.5 Å². The van der Waals surface area contributed by atoms with Gasteiger partial charge in [0.1, 0.15) is 46.7 Å². The Morgan fingerprint density at radius 3 is 2.88 bits per heavy atom. The van der Waals surface area contributed by atoms with Crippen LogP contribution in [0.2, 0.25) is 0 Å². The second-order valence-electron chi connectivity index (χ2n) is 14.1. The molecule has 1 unspecified atom stereocenters. The molecule has 0 radical (unpaired) electrons. The van der Waals surface area contributed by atoms with Crippen molar-refractivity contribution in [3.63, 3.8) is 0 Å². The number of aryl methyl sites for hydroxylation is 1. The number of rotatable bonds is 5. The highest BCUT2D eigenvalue weighted by atomic mass is 19.1. The third kappa shape index (κ3) is 4.41. The number of phenols is 1. The lowest BCUT2D eigenvalue weighted by molar-refractivity contribution is 0.108. The number of piperazine rings is 1. The summed E-state index contributed by atoms with van der Waals surface area (Å²) in [5, 5.41) is 15.8. The quantitative estimate of drug-likeness (QED) is 0.270. The van der Waals surface area contributed by atoms with Crippen LogP contribution in [0.25, 0.3) is 32.9 Å². The van der Waals surface area contributed by atoms with Crippen molar-refractivity contribution in [2.45, 2.75) is 82.1 Å². The summed E-state index contributed by atoms with van der Waals surface area (Å²) in [6, 6.07) is 6.21. The summed E-state index contributed by atoms with van der Waals surface area (Å²) in [4.78, 5) is 18.9. The Morgan fingerprint density at radius 1 is 1.17 bits per heavy atom. The molecule has 0 amide bonds. The first kappa shape index (κ1) is 29.9. The molecule has 4 fully saturated rings. The molecule has 9 rings (SSSR count). The van der Waals surface area contributed by atoms with Crippen LogP contribution in [0.15, 0.2) is 36.2 Å². The van der Waals surface area contributed by atoms with E-state index in [1.54, 1.807) is 6.07 Å². The van der Waals surface area contributed by atoms with Crippen molar-refractivity contribution in [1.82, 2.24) is 25.2 Å². The van der Waals surface area contributed by atoms with Gasteiger partial charge in [-0.25, -0.2) is 18.2 Å². The summed E-state index contributed by atoms with van der Waals surface area (Å²) in [5.41, 5.74) is 0.894. The van der Waals surface area contributed by atoms with Crippen molar-refractivity contribution in [3.05, 3.63) is 53.4 Å². The number of aromatic nitrogens is 3. The van der Waals surface area contributed by atoms with Gasteiger partial charge in [-0.15, -0.1) is 0 Å². The van der Waals surface area contributed by atoms with E-state index < -0.39 is 11.6 Å². The summed E-state index contributed by atoms with van der Waals surface area (Å²) in [5.74, 6) is -0.566. The molecule has 48 heavy (non-hydrogen) atoms. The fraction of sp³-hybridized carbons (Fsp3) is 0.472. The summed E-state index contributed by atoms with van der Waals surface area (Å²) in [7, 11) is 0. The van der Waals surface area contributed by atoms with Crippen molar-refractivity contribution in [1.29, 1.82) is 0 Å². The summed E-state index contributed by atoms with van der Waals surface area (Å²) >= 11 is 0. The van der Waals surface area contributed by atoms with E-state index in [4.69, 9.17) is 19.4 Å². The van der Waals surface area contributed by atoms with Crippen molar-refractivity contribution >= 4 is 27.5 Å². The van der Waals surface area contributed by atoms with E-state index in [1.807, 2.05) is 13.8 Å². The Hall–Kier alpha value is -4.16. The van der Waals surface area contributed by atoms with E-state index in [1.165, 1.54) is 18.2 Å². The van der Waals surface area contributed by atoms with Gasteiger partial charge in [0.15, 0.2) is 5.82 Å². The molecule has 0 saturated carbocycles. The first-order chi connectivity index (χ1) is 23.3. The largest absolute Gasteiger partial charge is 0.508 e. The lowest BCUT2D eigenvalue weighted by atomic mass is 9.94. The average molecular weight is 659 g/mol. The molecule has 2 aromatic carbocycles. The highest BCUT2D eigenvalue weighted by molar-refractivity contribution is 6.03. The first-order valence-corrected chi connectivity index (χ1v) is 17.0. The zero-order valence-corrected chi connectivity index (χ0v) is 26.9. The molecule has 2 bridgehead atoms. The van der Waals surface area contributed by atoms with Gasteiger partial charge in [0.05, 0.1) is 17.9 Å². The van der Waals surface area contributed by atoms with E-state index in [-0.39, 0.29) is 70.8 Å². The first-order valence-electron chi connectivity index (χ1n) is 17.0. The number of hydrogen-bond donors (Lipinski definition) is 2. The Morgan fingerprint density at radius 2 is 2.04 bits per heavy atom. The van der Waals surface area contributed by atoms with Crippen LogP contribution >= 0.6 is 0 Å². The zero-order valence-electron chi connectivity index (χ0n) is 26.9. The highest BCUT2D eigenvalue weighted by Crippen LogP contribution is 2.47. The summed E-state index contributed by atoms with van der Waals surface area (Å²) in [6.45, 7) is 6.14. The third-order valence-corrected chi connectivity index (χ3v) is 11.3. The number of phenolic OH excluding ortho intramolecular Hbond substituents is 1. The maximum Gasteiger partial charge on any atom is 0.319 e. The second kappa shape index (κ2) is 10.9. The van der Waals surface area contributed by atoms with Crippen molar-refractivity contribution in [2.75, 3.05) is 31.1 Å². The molecule has 2 N–H and O–H groups in total. The monoisotopic (exact) mass is 658 g/mol. The number of halogens is 3. The van der Waals surface area contributed by atoms with Crippen molar-refractivity contribution in [3.8, 4) is 28.9 Å². The molecular formula is C36H37F3N6O3. The summed E-state index contributed by atoms with van der Waals surface area (Å²) < 4.78 is 58.9.